The van der Waals surface area contributed by atoms with E-state index >= 15 is 0 Å². The lowest BCUT2D eigenvalue weighted by atomic mass is 9.78. The molecule has 10 heteroatoms. The van der Waals surface area contributed by atoms with Crippen LogP contribution in [0.5, 0.6) is 0 Å². The van der Waals surface area contributed by atoms with Crippen LogP contribution >= 0.6 is 11.8 Å². The average molecular weight is 527 g/mol. The van der Waals surface area contributed by atoms with Gasteiger partial charge in [-0.15, -0.1) is 0 Å². The van der Waals surface area contributed by atoms with Gasteiger partial charge >= 0.3 is 12.1 Å². The highest BCUT2D eigenvalue weighted by molar-refractivity contribution is 8.16. The van der Waals surface area contributed by atoms with E-state index in [9.17, 15) is 27.6 Å². The van der Waals surface area contributed by atoms with Gasteiger partial charge in [0, 0.05) is 5.92 Å². The Morgan fingerprint density at radius 3 is 2.08 bits per heavy atom. The lowest BCUT2D eigenvalue weighted by Gasteiger charge is -2.33. The SMILES string of the molecule is COC(=O)[C@@H]1N[C@H](c2ccc(C(F)(F)F)cc2)[C@@]2(SC(=O)N(c3ccccc3)C2=O)[C@H]1c1ccccc1. The lowest BCUT2D eigenvalue weighted by Crippen LogP contribution is -2.46. The number of anilines is 1. The molecule has 4 atom stereocenters. The van der Waals surface area contributed by atoms with Crippen LogP contribution in [-0.2, 0) is 20.5 Å². The maximum atomic E-state index is 14.3. The van der Waals surface area contributed by atoms with Crippen molar-refractivity contribution in [1.82, 2.24) is 5.32 Å². The molecule has 190 valence electrons. The molecule has 3 aromatic rings. The molecule has 2 heterocycles. The van der Waals surface area contributed by atoms with E-state index in [1.807, 2.05) is 0 Å². The number of hydrogen-bond acceptors (Lipinski definition) is 6. The summed E-state index contributed by atoms with van der Waals surface area (Å²) in [7, 11) is 1.22. The van der Waals surface area contributed by atoms with Crippen molar-refractivity contribution in [2.24, 2.45) is 0 Å². The lowest BCUT2D eigenvalue weighted by molar-refractivity contribution is -0.143. The molecule has 2 saturated heterocycles. The van der Waals surface area contributed by atoms with Gasteiger partial charge in [0.05, 0.1) is 24.4 Å². The molecule has 0 radical (unpaired) electrons. The summed E-state index contributed by atoms with van der Waals surface area (Å²) in [4.78, 5) is 41.8. The number of esters is 1. The van der Waals surface area contributed by atoms with Crippen molar-refractivity contribution in [2.75, 3.05) is 12.0 Å². The van der Waals surface area contributed by atoms with Gasteiger partial charge in [0.2, 0.25) is 0 Å². The van der Waals surface area contributed by atoms with Gasteiger partial charge < -0.3 is 4.74 Å². The molecule has 3 aromatic carbocycles. The number of nitrogens with zero attached hydrogens (tertiary/aromatic N) is 1. The number of rotatable bonds is 4. The number of carbonyl (C=O) groups is 3. The summed E-state index contributed by atoms with van der Waals surface area (Å²) in [6.45, 7) is 0. The van der Waals surface area contributed by atoms with Crippen molar-refractivity contribution in [3.05, 3.63) is 102 Å². The zero-order valence-corrected chi connectivity index (χ0v) is 20.3. The maximum absolute atomic E-state index is 14.3. The van der Waals surface area contributed by atoms with Crippen LogP contribution in [0.1, 0.15) is 28.7 Å². The Hall–Kier alpha value is -3.63. The van der Waals surface area contributed by atoms with Crippen LogP contribution in [0.2, 0.25) is 0 Å². The van der Waals surface area contributed by atoms with E-state index in [-0.39, 0.29) is 0 Å². The van der Waals surface area contributed by atoms with Gasteiger partial charge in [0.1, 0.15) is 10.8 Å². The topological polar surface area (TPSA) is 75.7 Å². The fourth-order valence-electron chi connectivity index (χ4n) is 5.14. The van der Waals surface area contributed by atoms with E-state index in [1.54, 1.807) is 60.7 Å². The molecule has 0 unspecified atom stereocenters. The third-order valence-corrected chi connectivity index (χ3v) is 8.11. The maximum Gasteiger partial charge on any atom is 0.416 e. The molecular weight excluding hydrogens is 505 g/mol. The first-order valence-corrected chi connectivity index (χ1v) is 12.2. The second-order valence-electron chi connectivity index (χ2n) is 8.75. The van der Waals surface area contributed by atoms with Gasteiger partial charge in [0.15, 0.2) is 0 Å². The van der Waals surface area contributed by atoms with E-state index in [4.69, 9.17) is 4.74 Å². The first kappa shape index (κ1) is 25.0. The van der Waals surface area contributed by atoms with Crippen LogP contribution < -0.4 is 10.2 Å². The van der Waals surface area contributed by atoms with Crippen LogP contribution in [0.15, 0.2) is 84.9 Å². The van der Waals surface area contributed by atoms with Crippen LogP contribution in [0.3, 0.4) is 0 Å². The summed E-state index contributed by atoms with van der Waals surface area (Å²) in [6, 6.07) is 19.6. The first-order chi connectivity index (χ1) is 17.7. The van der Waals surface area contributed by atoms with Crippen LogP contribution in [0.4, 0.5) is 23.7 Å². The standard InChI is InChI=1S/C27H21F3N2O4S/c1-36-23(33)21-20(16-8-4-2-5-9-16)26(22(31-21)17-12-14-18(15-13-17)27(28,29)30)24(34)32(25(35)37-26)19-10-6-3-7-11-19/h2-15,20-22,31H,1H3/t20-,21+,22+,26-/m0/s1. The number of halogens is 3. The van der Waals surface area contributed by atoms with Crippen molar-refractivity contribution in [3.63, 3.8) is 0 Å². The number of benzene rings is 3. The summed E-state index contributed by atoms with van der Waals surface area (Å²) in [6.07, 6.45) is -4.54. The number of thioether (sulfide) groups is 1. The van der Waals surface area contributed by atoms with E-state index in [0.717, 1.165) is 28.8 Å². The number of ether oxygens (including phenoxy) is 1. The Balaban J connectivity index is 1.71. The Bertz CT molecular complexity index is 1340. The molecule has 2 fully saturated rings. The molecule has 1 N–H and O–H groups in total. The van der Waals surface area contributed by atoms with E-state index < -0.39 is 51.6 Å². The number of alkyl halides is 3. The fourth-order valence-corrected chi connectivity index (χ4v) is 6.60. The summed E-state index contributed by atoms with van der Waals surface area (Å²) >= 11 is 0.779. The Morgan fingerprint density at radius 1 is 0.919 bits per heavy atom. The Kier molecular flexibility index (Phi) is 6.33. The normalized spacial score (nSPS) is 25.6. The van der Waals surface area contributed by atoms with Gasteiger partial charge in [-0.05, 0) is 47.2 Å². The Labute approximate surface area is 214 Å². The molecule has 0 aromatic heterocycles. The smallest absolute Gasteiger partial charge is 0.416 e. The van der Waals surface area contributed by atoms with E-state index in [0.29, 0.717) is 16.8 Å². The highest BCUT2D eigenvalue weighted by Crippen LogP contribution is 2.59. The second-order valence-corrected chi connectivity index (χ2v) is 9.97. The predicted molar refractivity (Wildman–Crippen MR) is 132 cm³/mol. The van der Waals surface area contributed by atoms with Gasteiger partial charge in [-0.2, -0.15) is 13.2 Å². The predicted octanol–water partition coefficient (Wildman–Crippen LogP) is 5.31. The van der Waals surface area contributed by atoms with Gasteiger partial charge in [0.25, 0.3) is 11.1 Å². The number of imide groups is 1. The van der Waals surface area contributed by atoms with Crippen molar-refractivity contribution >= 4 is 34.6 Å². The molecule has 2 aliphatic heterocycles. The van der Waals surface area contributed by atoms with Crippen LogP contribution in [-0.4, -0.2) is 35.0 Å². The van der Waals surface area contributed by atoms with E-state index in [1.165, 1.54) is 19.2 Å². The zero-order valence-electron chi connectivity index (χ0n) is 19.4. The Morgan fingerprint density at radius 2 is 1.51 bits per heavy atom. The van der Waals surface area contributed by atoms with Crippen molar-refractivity contribution in [1.29, 1.82) is 0 Å². The number of hydrogen-bond donors (Lipinski definition) is 1. The van der Waals surface area contributed by atoms with Gasteiger partial charge in [-0.25, -0.2) is 4.90 Å². The fraction of sp³-hybridized carbons (Fsp3) is 0.222. The molecular formula is C27H21F3N2O4S. The molecule has 0 bridgehead atoms. The van der Waals surface area contributed by atoms with Crippen molar-refractivity contribution < 1.29 is 32.3 Å². The van der Waals surface area contributed by atoms with E-state index in [2.05, 4.69) is 5.32 Å². The minimum atomic E-state index is -4.54. The molecule has 6 nitrogen and oxygen atoms in total. The van der Waals surface area contributed by atoms with Crippen molar-refractivity contribution in [2.45, 2.75) is 28.9 Å². The molecule has 2 aliphatic rings. The third-order valence-electron chi connectivity index (χ3n) is 6.75. The van der Waals surface area contributed by atoms with Gasteiger partial charge in [-0.3, -0.25) is 19.7 Å². The molecule has 1 spiro atoms. The number of amides is 2. The molecule has 0 saturated carbocycles. The number of para-hydroxylation sites is 1. The van der Waals surface area contributed by atoms with Crippen LogP contribution in [0.25, 0.3) is 0 Å². The highest BCUT2D eigenvalue weighted by atomic mass is 32.2. The first-order valence-electron chi connectivity index (χ1n) is 11.4. The largest absolute Gasteiger partial charge is 0.468 e. The highest BCUT2D eigenvalue weighted by Gasteiger charge is 2.69. The second kappa shape index (κ2) is 9.35. The molecule has 2 amide bonds. The van der Waals surface area contributed by atoms with Crippen LogP contribution in [0, 0.1) is 0 Å². The molecule has 0 aliphatic carbocycles. The number of methoxy groups -OCH3 is 1. The summed E-state index contributed by atoms with van der Waals surface area (Å²) in [5.41, 5.74) is 0.466. The summed E-state index contributed by atoms with van der Waals surface area (Å²) in [5, 5.41) is 2.60. The average Bonchev–Trinajstić information content (AvgIpc) is 3.37. The summed E-state index contributed by atoms with van der Waals surface area (Å²) in [5.74, 6) is -2.07. The quantitative estimate of drug-likeness (QED) is 0.465. The molecule has 37 heavy (non-hydrogen) atoms. The van der Waals surface area contributed by atoms with Crippen molar-refractivity contribution in [3.8, 4) is 0 Å². The zero-order chi connectivity index (χ0) is 26.4. The monoisotopic (exact) mass is 526 g/mol. The third kappa shape index (κ3) is 4.10. The number of carbonyl (C=O) groups excluding carboxylic acids is 3. The van der Waals surface area contributed by atoms with Gasteiger partial charge in [-0.1, -0.05) is 60.7 Å². The summed E-state index contributed by atoms with van der Waals surface area (Å²) < 4.78 is 43.2. The number of nitrogens with one attached hydrogen (secondary N) is 1. The minimum absolute atomic E-state index is 0.337. The molecule has 5 rings (SSSR count). The minimum Gasteiger partial charge on any atom is -0.468 e.